The van der Waals surface area contributed by atoms with E-state index < -0.39 is 9.05 Å². The standard InChI is InChI=1S/C8H6BrClN2O2S/c9-7-1-2-8(15(10,13)14)6(4-12)5(7)3-11/h1-2H,3,11H2. The van der Waals surface area contributed by atoms with E-state index in [0.717, 1.165) is 0 Å². The van der Waals surface area contributed by atoms with Crippen LogP contribution in [-0.4, -0.2) is 8.42 Å². The zero-order chi connectivity index (χ0) is 11.6. The molecule has 0 heterocycles. The van der Waals surface area contributed by atoms with Crippen LogP contribution >= 0.6 is 26.6 Å². The molecule has 0 aromatic heterocycles. The highest BCUT2D eigenvalue weighted by atomic mass is 79.9. The van der Waals surface area contributed by atoms with Crippen molar-refractivity contribution in [2.45, 2.75) is 11.4 Å². The fourth-order valence-electron chi connectivity index (χ4n) is 1.13. The first kappa shape index (κ1) is 12.5. The van der Waals surface area contributed by atoms with E-state index in [9.17, 15) is 8.42 Å². The molecular weight excluding hydrogens is 304 g/mol. The molecule has 0 spiro atoms. The van der Waals surface area contributed by atoms with Gasteiger partial charge < -0.3 is 5.73 Å². The fraction of sp³-hybridized carbons (Fsp3) is 0.125. The van der Waals surface area contributed by atoms with Crippen LogP contribution in [0.5, 0.6) is 0 Å². The Hall–Kier alpha value is -0.610. The van der Waals surface area contributed by atoms with Gasteiger partial charge in [-0.15, -0.1) is 0 Å². The van der Waals surface area contributed by atoms with Gasteiger partial charge in [0.15, 0.2) is 0 Å². The molecule has 7 heteroatoms. The maximum absolute atomic E-state index is 11.2. The lowest BCUT2D eigenvalue weighted by atomic mass is 10.1. The first-order chi connectivity index (χ1) is 6.91. The normalized spacial score (nSPS) is 11.1. The Bertz CT molecular complexity index is 536. The van der Waals surface area contributed by atoms with Gasteiger partial charge in [0.25, 0.3) is 9.05 Å². The minimum atomic E-state index is -3.92. The highest BCUT2D eigenvalue weighted by Crippen LogP contribution is 2.28. The Labute approximate surface area is 100 Å². The summed E-state index contributed by atoms with van der Waals surface area (Å²) < 4.78 is 22.9. The van der Waals surface area contributed by atoms with E-state index in [0.29, 0.717) is 10.0 Å². The predicted molar refractivity (Wildman–Crippen MR) is 59.8 cm³/mol. The van der Waals surface area contributed by atoms with Crippen LogP contribution in [0, 0.1) is 11.3 Å². The van der Waals surface area contributed by atoms with E-state index in [1.165, 1.54) is 12.1 Å². The topological polar surface area (TPSA) is 84.0 Å². The highest BCUT2D eigenvalue weighted by Gasteiger charge is 2.19. The molecule has 0 saturated heterocycles. The number of nitrogens with two attached hydrogens (primary N) is 1. The van der Waals surface area contributed by atoms with E-state index in [1.54, 1.807) is 6.07 Å². The van der Waals surface area contributed by atoms with Gasteiger partial charge in [0.1, 0.15) is 11.0 Å². The van der Waals surface area contributed by atoms with E-state index in [-0.39, 0.29) is 17.0 Å². The lowest BCUT2D eigenvalue weighted by molar-refractivity contribution is 0.609. The molecular formula is C8H6BrClN2O2S. The molecule has 0 radical (unpaired) electrons. The maximum atomic E-state index is 11.2. The molecule has 0 aliphatic heterocycles. The monoisotopic (exact) mass is 308 g/mol. The summed E-state index contributed by atoms with van der Waals surface area (Å²) in [5.41, 5.74) is 5.84. The molecule has 1 aromatic rings. The van der Waals surface area contributed by atoms with Gasteiger partial charge in [0, 0.05) is 21.7 Å². The van der Waals surface area contributed by atoms with Gasteiger partial charge in [-0.05, 0) is 17.7 Å². The Morgan fingerprint density at radius 3 is 2.53 bits per heavy atom. The Balaban J connectivity index is 3.66. The first-order valence-electron chi connectivity index (χ1n) is 3.78. The summed E-state index contributed by atoms with van der Waals surface area (Å²) in [7, 11) is 1.27. The van der Waals surface area contributed by atoms with Crippen molar-refractivity contribution in [1.82, 2.24) is 0 Å². The summed E-state index contributed by atoms with van der Waals surface area (Å²) in [4.78, 5) is -0.213. The van der Waals surface area contributed by atoms with Gasteiger partial charge >= 0.3 is 0 Å². The summed E-state index contributed by atoms with van der Waals surface area (Å²) in [5, 5.41) is 8.87. The van der Waals surface area contributed by atoms with Crippen molar-refractivity contribution in [3.8, 4) is 6.07 Å². The zero-order valence-corrected chi connectivity index (χ0v) is 10.5. The van der Waals surface area contributed by atoms with Crippen LogP contribution in [0.4, 0.5) is 0 Å². The molecule has 0 amide bonds. The van der Waals surface area contributed by atoms with Crippen molar-refractivity contribution < 1.29 is 8.42 Å². The number of nitriles is 1. The average molecular weight is 310 g/mol. The summed E-state index contributed by atoms with van der Waals surface area (Å²) in [6.07, 6.45) is 0. The Morgan fingerprint density at radius 1 is 1.53 bits per heavy atom. The minimum absolute atomic E-state index is 0.0122. The largest absolute Gasteiger partial charge is 0.326 e. The highest BCUT2D eigenvalue weighted by molar-refractivity contribution is 9.10. The molecule has 0 aliphatic rings. The van der Waals surface area contributed by atoms with Crippen LogP contribution in [-0.2, 0) is 15.6 Å². The summed E-state index contributed by atoms with van der Waals surface area (Å²) in [6.45, 7) is 0.0593. The zero-order valence-electron chi connectivity index (χ0n) is 7.37. The summed E-state index contributed by atoms with van der Waals surface area (Å²) in [5.74, 6) is 0. The van der Waals surface area contributed by atoms with Crippen molar-refractivity contribution in [2.24, 2.45) is 5.73 Å². The maximum Gasteiger partial charge on any atom is 0.262 e. The lowest BCUT2D eigenvalue weighted by Crippen LogP contribution is -2.05. The molecule has 80 valence electrons. The van der Waals surface area contributed by atoms with E-state index >= 15 is 0 Å². The van der Waals surface area contributed by atoms with Gasteiger partial charge in [-0.2, -0.15) is 5.26 Å². The molecule has 1 aromatic carbocycles. The van der Waals surface area contributed by atoms with Gasteiger partial charge in [-0.25, -0.2) is 8.42 Å². The minimum Gasteiger partial charge on any atom is -0.326 e. The molecule has 0 saturated carbocycles. The third kappa shape index (κ3) is 2.49. The van der Waals surface area contributed by atoms with E-state index in [1.807, 2.05) is 0 Å². The predicted octanol–water partition coefficient (Wildman–Crippen LogP) is 1.71. The smallest absolute Gasteiger partial charge is 0.262 e. The van der Waals surface area contributed by atoms with E-state index in [4.69, 9.17) is 21.7 Å². The molecule has 0 atom stereocenters. The van der Waals surface area contributed by atoms with Crippen LogP contribution in [0.2, 0.25) is 0 Å². The van der Waals surface area contributed by atoms with Gasteiger partial charge in [0.05, 0.1) is 5.56 Å². The van der Waals surface area contributed by atoms with E-state index in [2.05, 4.69) is 15.9 Å². The molecule has 0 bridgehead atoms. The van der Waals surface area contributed by atoms with Crippen LogP contribution in [0.25, 0.3) is 0 Å². The molecule has 4 nitrogen and oxygen atoms in total. The second-order valence-electron chi connectivity index (χ2n) is 2.65. The van der Waals surface area contributed by atoms with Crippen LogP contribution in [0.15, 0.2) is 21.5 Å². The second kappa shape index (κ2) is 4.49. The van der Waals surface area contributed by atoms with Crippen LogP contribution in [0.1, 0.15) is 11.1 Å². The Morgan fingerprint density at radius 2 is 2.13 bits per heavy atom. The fourth-order valence-corrected chi connectivity index (χ4v) is 2.65. The SMILES string of the molecule is N#Cc1c(S(=O)(=O)Cl)ccc(Br)c1CN. The number of benzene rings is 1. The van der Waals surface area contributed by atoms with Crippen LogP contribution in [0.3, 0.4) is 0 Å². The summed E-state index contributed by atoms with van der Waals surface area (Å²) in [6, 6.07) is 4.56. The summed E-state index contributed by atoms with van der Waals surface area (Å²) >= 11 is 3.18. The van der Waals surface area contributed by atoms with Crippen molar-refractivity contribution in [3.63, 3.8) is 0 Å². The number of rotatable bonds is 2. The van der Waals surface area contributed by atoms with Gasteiger partial charge in [0.2, 0.25) is 0 Å². The molecule has 0 fully saturated rings. The Kier molecular flexibility index (Phi) is 3.73. The number of nitrogens with zero attached hydrogens (tertiary/aromatic N) is 1. The van der Waals surface area contributed by atoms with Crippen molar-refractivity contribution in [3.05, 3.63) is 27.7 Å². The van der Waals surface area contributed by atoms with Gasteiger partial charge in [-0.3, -0.25) is 0 Å². The van der Waals surface area contributed by atoms with Gasteiger partial charge in [-0.1, -0.05) is 15.9 Å². The first-order valence-corrected chi connectivity index (χ1v) is 6.88. The second-order valence-corrected chi connectivity index (χ2v) is 6.04. The molecule has 15 heavy (non-hydrogen) atoms. The average Bonchev–Trinajstić information content (AvgIpc) is 2.15. The van der Waals surface area contributed by atoms with Crippen LogP contribution < -0.4 is 5.73 Å². The van der Waals surface area contributed by atoms with Crippen molar-refractivity contribution >= 4 is 35.7 Å². The molecule has 1 rings (SSSR count). The van der Waals surface area contributed by atoms with Crippen molar-refractivity contribution in [1.29, 1.82) is 5.26 Å². The quantitative estimate of drug-likeness (QED) is 0.843. The third-order valence-electron chi connectivity index (χ3n) is 1.80. The number of halogens is 2. The molecule has 0 aliphatic carbocycles. The van der Waals surface area contributed by atoms with Crippen molar-refractivity contribution in [2.75, 3.05) is 0 Å². The molecule has 2 N–H and O–H groups in total. The molecule has 0 unspecified atom stereocenters. The third-order valence-corrected chi connectivity index (χ3v) is 3.90. The number of hydrogen-bond donors (Lipinski definition) is 1. The lowest BCUT2D eigenvalue weighted by Gasteiger charge is -2.07. The number of hydrogen-bond acceptors (Lipinski definition) is 4.